The van der Waals surface area contributed by atoms with Gasteiger partial charge in [0.25, 0.3) is 0 Å². The molecule has 0 amide bonds. The lowest BCUT2D eigenvalue weighted by Gasteiger charge is -1.90. The summed E-state index contributed by atoms with van der Waals surface area (Å²) in [4.78, 5) is 0. The zero-order valence-corrected chi connectivity index (χ0v) is 5.45. The molecule has 0 saturated heterocycles. The highest BCUT2D eigenvalue weighted by atomic mass is 32.2. The third kappa shape index (κ3) is 5.72. The molecule has 8 heavy (non-hydrogen) atoms. The minimum Gasteiger partial charge on any atom is -0.238 e. The van der Waals surface area contributed by atoms with Crippen molar-refractivity contribution in [2.24, 2.45) is 0 Å². The zero-order chi connectivity index (χ0) is 6.62. The second-order valence-corrected chi connectivity index (χ2v) is 3.42. The number of hydrogen-bond donors (Lipinski definition) is 0. The van der Waals surface area contributed by atoms with Crippen molar-refractivity contribution in [1.29, 1.82) is 0 Å². The van der Waals surface area contributed by atoms with Crippen LogP contribution < -0.4 is 0 Å². The van der Waals surface area contributed by atoms with E-state index in [1.807, 2.05) is 0 Å². The summed E-state index contributed by atoms with van der Waals surface area (Å²) in [6, 6.07) is 0. The molecule has 0 bridgehead atoms. The molecule has 1 unspecified atom stereocenters. The van der Waals surface area contributed by atoms with Crippen LogP contribution in [-0.2, 0) is 14.4 Å². The van der Waals surface area contributed by atoms with Crippen LogP contribution in [0.2, 0.25) is 0 Å². The summed E-state index contributed by atoms with van der Waals surface area (Å²) in [5, 5.41) is 0. The van der Waals surface area contributed by atoms with Crippen LogP contribution >= 0.6 is 0 Å². The van der Waals surface area contributed by atoms with Gasteiger partial charge in [-0.25, -0.2) is 4.21 Å². The molecule has 3 heteroatoms. The van der Waals surface area contributed by atoms with Gasteiger partial charge >= 0.3 is 0 Å². The smallest absolute Gasteiger partial charge is 0.111 e. The van der Waals surface area contributed by atoms with E-state index in [0.717, 1.165) is 0 Å². The van der Waals surface area contributed by atoms with Crippen molar-refractivity contribution in [3.8, 4) is 0 Å². The van der Waals surface area contributed by atoms with E-state index >= 15 is 0 Å². The molecule has 0 saturated carbocycles. The topological polar surface area (TPSA) is 37.0 Å². The largest absolute Gasteiger partial charge is 0.238 e. The Kier molecular flexibility index (Phi) is 2.79. The molecule has 0 rings (SSSR count). The van der Waals surface area contributed by atoms with Crippen LogP contribution in [0.15, 0.2) is 12.7 Å². The van der Waals surface area contributed by atoms with Gasteiger partial charge in [0.2, 0.25) is 0 Å². The van der Waals surface area contributed by atoms with Gasteiger partial charge in [-0.05, 0) is 12.3 Å². The standard InChI is InChI=1S/C5H9O2S/c1-3-4-5-8(2,6)7/h3H,1-2,4-5H2. The van der Waals surface area contributed by atoms with E-state index in [0.29, 0.717) is 6.42 Å². The first-order valence-electron chi connectivity index (χ1n) is 2.23. The minimum atomic E-state index is -3.01. The molecule has 0 aliphatic carbocycles. The maximum absolute atomic E-state index is 10.2. The summed E-state index contributed by atoms with van der Waals surface area (Å²) >= 11 is 0. The van der Waals surface area contributed by atoms with Crippen molar-refractivity contribution < 1.29 is 8.76 Å². The number of rotatable bonds is 3. The van der Waals surface area contributed by atoms with Crippen molar-refractivity contribution in [3.63, 3.8) is 0 Å². The SMILES string of the molecule is C=CCCS(=C)([O])=O. The van der Waals surface area contributed by atoms with Gasteiger partial charge in [-0.2, -0.15) is 0 Å². The molecule has 0 aromatic rings. The first-order chi connectivity index (χ1) is 3.56. The summed E-state index contributed by atoms with van der Waals surface area (Å²) in [5.74, 6) is 3.04. The molecule has 0 fully saturated rings. The summed E-state index contributed by atoms with van der Waals surface area (Å²) in [7, 11) is -3.01. The van der Waals surface area contributed by atoms with Crippen molar-refractivity contribution in [2.45, 2.75) is 6.42 Å². The lowest BCUT2D eigenvalue weighted by atomic mass is 10.5. The van der Waals surface area contributed by atoms with Gasteiger partial charge in [0.15, 0.2) is 0 Å². The Balaban J connectivity index is 3.57. The van der Waals surface area contributed by atoms with Crippen LogP contribution in [0.3, 0.4) is 0 Å². The van der Waals surface area contributed by atoms with Crippen molar-refractivity contribution in [1.82, 2.24) is 0 Å². The molecule has 0 spiro atoms. The summed E-state index contributed by atoms with van der Waals surface area (Å²) in [6.07, 6.45) is 2.05. The van der Waals surface area contributed by atoms with Gasteiger partial charge in [0.05, 0.1) is 0 Å². The Hall–Kier alpha value is -0.280. The first-order valence-corrected chi connectivity index (χ1v) is 4.05. The average Bonchev–Trinajstić information content (AvgIpc) is 1.59. The molecule has 0 aromatic heterocycles. The van der Waals surface area contributed by atoms with Gasteiger partial charge < -0.3 is 0 Å². The quantitative estimate of drug-likeness (QED) is 0.411. The van der Waals surface area contributed by atoms with Crippen LogP contribution in [0.25, 0.3) is 0 Å². The fourth-order valence-electron chi connectivity index (χ4n) is 0.263. The number of hydrogen-bond acceptors (Lipinski definition) is 1. The molecule has 0 heterocycles. The van der Waals surface area contributed by atoms with E-state index < -0.39 is 9.80 Å². The molecular weight excluding hydrogens is 124 g/mol. The Morgan fingerprint density at radius 3 is 2.25 bits per heavy atom. The summed E-state index contributed by atoms with van der Waals surface area (Å²) in [6.45, 7) is 3.37. The maximum atomic E-state index is 10.2. The second kappa shape index (κ2) is 2.89. The Labute approximate surface area is 50.1 Å². The fraction of sp³-hybridized carbons (Fsp3) is 0.400. The highest BCUT2D eigenvalue weighted by molar-refractivity contribution is 7.94. The molecule has 2 nitrogen and oxygen atoms in total. The average molecular weight is 133 g/mol. The Bertz CT molecular complexity index is 155. The third-order valence-electron chi connectivity index (χ3n) is 0.633. The monoisotopic (exact) mass is 133 g/mol. The van der Waals surface area contributed by atoms with E-state index in [9.17, 15) is 8.76 Å². The second-order valence-electron chi connectivity index (χ2n) is 1.53. The van der Waals surface area contributed by atoms with Gasteiger partial charge in [-0.15, -0.1) is 11.1 Å². The van der Waals surface area contributed by atoms with Crippen LogP contribution in [-0.4, -0.2) is 15.8 Å². The lowest BCUT2D eigenvalue weighted by Crippen LogP contribution is -1.99. The van der Waals surface area contributed by atoms with E-state index in [4.69, 9.17) is 0 Å². The van der Waals surface area contributed by atoms with E-state index in [2.05, 4.69) is 12.4 Å². The molecular formula is C5H9O2S. The van der Waals surface area contributed by atoms with E-state index in [1.165, 1.54) is 0 Å². The normalized spacial score (nSPS) is 17.1. The molecule has 1 atom stereocenters. The summed E-state index contributed by atoms with van der Waals surface area (Å²) in [5.41, 5.74) is 0. The van der Waals surface area contributed by atoms with Crippen LogP contribution in [0, 0.1) is 0 Å². The summed E-state index contributed by atoms with van der Waals surface area (Å²) < 4.78 is 20.5. The van der Waals surface area contributed by atoms with Crippen molar-refractivity contribution in [3.05, 3.63) is 12.7 Å². The third-order valence-corrected chi connectivity index (χ3v) is 1.49. The van der Waals surface area contributed by atoms with Crippen LogP contribution in [0.5, 0.6) is 0 Å². The van der Waals surface area contributed by atoms with E-state index in [-0.39, 0.29) is 5.75 Å². The van der Waals surface area contributed by atoms with E-state index in [1.54, 1.807) is 6.08 Å². The molecule has 0 aromatic carbocycles. The maximum Gasteiger partial charge on any atom is 0.111 e. The molecule has 47 valence electrons. The van der Waals surface area contributed by atoms with Gasteiger partial charge in [-0.1, -0.05) is 6.08 Å². The minimum absolute atomic E-state index is 0.108. The molecule has 0 aliphatic heterocycles. The predicted octanol–water partition coefficient (Wildman–Crippen LogP) is 0.624. The molecule has 0 aliphatic rings. The first kappa shape index (κ1) is 7.72. The van der Waals surface area contributed by atoms with Gasteiger partial charge in [0.1, 0.15) is 9.80 Å². The Morgan fingerprint density at radius 1 is 1.62 bits per heavy atom. The number of allylic oxidation sites excluding steroid dienone is 1. The predicted molar refractivity (Wildman–Crippen MR) is 35.6 cm³/mol. The molecule has 1 radical (unpaired) electrons. The lowest BCUT2D eigenvalue weighted by molar-refractivity contribution is 0.469. The van der Waals surface area contributed by atoms with Crippen LogP contribution in [0.1, 0.15) is 6.42 Å². The zero-order valence-electron chi connectivity index (χ0n) is 4.63. The van der Waals surface area contributed by atoms with Gasteiger partial charge in [-0.3, -0.25) is 0 Å². The molecule has 0 N–H and O–H groups in total. The highest BCUT2D eigenvalue weighted by Crippen LogP contribution is 1.87. The Morgan fingerprint density at radius 2 is 2.12 bits per heavy atom. The van der Waals surface area contributed by atoms with Crippen LogP contribution in [0.4, 0.5) is 0 Å². The fourth-order valence-corrected chi connectivity index (χ4v) is 0.789. The van der Waals surface area contributed by atoms with Crippen molar-refractivity contribution in [2.75, 3.05) is 5.75 Å². The van der Waals surface area contributed by atoms with Gasteiger partial charge in [0, 0.05) is 5.75 Å². The van der Waals surface area contributed by atoms with Crippen molar-refractivity contribution >= 4 is 15.7 Å². The highest BCUT2D eigenvalue weighted by Gasteiger charge is 1.94.